The molecule has 0 N–H and O–H groups in total. The lowest BCUT2D eigenvalue weighted by molar-refractivity contribution is -0.281. The lowest BCUT2D eigenvalue weighted by atomic mass is 9.74. The minimum absolute atomic E-state index is 0.0635. The van der Waals surface area contributed by atoms with Crippen LogP contribution >= 0.6 is 23.2 Å². The fraction of sp³-hybridized carbons (Fsp3) is 0.810. The molecule has 14 heteroatoms. The molecular weight excluding hydrogens is 515 g/mol. The van der Waals surface area contributed by atoms with Gasteiger partial charge in [0, 0.05) is 52.1 Å². The molecule has 0 aromatic carbocycles. The smallest absolute Gasteiger partial charge is 0.356 e. The standard InChI is InChI=1S/C21H24Cl2O12/c1-28-14(26)18-8-7-9-11(10(8)16(22,12(24)34-18)20(18,30-3)31-4)17(23)13(25)35-19(9,15(27)29-2)21(17,32-5)33-6/h8-11H,7H2,1-6H3/t8-,9-,10-,11-,16+,17+,18+,19+/m0/s1. The molecule has 194 valence electrons. The first-order chi connectivity index (χ1) is 16.4. The number of hydrogen-bond acceptors (Lipinski definition) is 12. The highest BCUT2D eigenvalue weighted by Gasteiger charge is 3.01. The number of carbonyl (C=O) groups is 4. The number of esters is 4. The van der Waals surface area contributed by atoms with Crippen molar-refractivity contribution in [1.29, 1.82) is 0 Å². The largest absolute Gasteiger partial charge is 0.466 e. The van der Waals surface area contributed by atoms with Gasteiger partial charge in [0.05, 0.1) is 14.2 Å². The summed E-state index contributed by atoms with van der Waals surface area (Å²) in [4.78, 5) is 49.0. The Morgan fingerprint density at radius 2 is 1.03 bits per heavy atom. The number of rotatable bonds is 6. The van der Waals surface area contributed by atoms with Gasteiger partial charge in [0.25, 0.3) is 22.8 Å². The monoisotopic (exact) mass is 538 g/mol. The summed E-state index contributed by atoms with van der Waals surface area (Å²) in [6.45, 7) is 0. The van der Waals surface area contributed by atoms with Gasteiger partial charge >= 0.3 is 23.9 Å². The molecule has 4 bridgehead atoms. The summed E-state index contributed by atoms with van der Waals surface area (Å²) >= 11 is 14.1. The number of alkyl halides is 2. The van der Waals surface area contributed by atoms with E-state index in [1.165, 1.54) is 28.4 Å². The molecule has 2 aliphatic heterocycles. The third-order valence-electron chi connectivity index (χ3n) is 8.89. The average molecular weight is 539 g/mol. The predicted octanol–water partition coefficient (Wildman–Crippen LogP) is -0.247. The Labute approximate surface area is 209 Å². The summed E-state index contributed by atoms with van der Waals surface area (Å²) in [6.07, 6.45) is -0.0635. The molecule has 5 rings (SSSR count). The maximum atomic E-state index is 13.4. The number of halogens is 2. The van der Waals surface area contributed by atoms with Crippen LogP contribution in [0.25, 0.3) is 0 Å². The van der Waals surface area contributed by atoms with Gasteiger partial charge in [-0.15, -0.1) is 23.2 Å². The molecular formula is C21H24Cl2O12. The van der Waals surface area contributed by atoms with Crippen molar-refractivity contribution in [3.8, 4) is 0 Å². The van der Waals surface area contributed by atoms with Crippen molar-refractivity contribution in [3.05, 3.63) is 0 Å². The van der Waals surface area contributed by atoms with Crippen molar-refractivity contribution in [2.75, 3.05) is 42.7 Å². The highest BCUT2D eigenvalue weighted by molar-refractivity contribution is 6.39. The molecule has 0 aromatic rings. The molecule has 12 nitrogen and oxygen atoms in total. The lowest BCUT2D eigenvalue weighted by Crippen LogP contribution is -2.65. The summed E-state index contributed by atoms with van der Waals surface area (Å²) in [5.74, 6) is -12.4. The van der Waals surface area contributed by atoms with Crippen LogP contribution < -0.4 is 0 Å². The lowest BCUT2D eigenvalue weighted by Gasteiger charge is -2.41. The molecule has 0 amide bonds. The van der Waals surface area contributed by atoms with E-state index in [0.717, 1.165) is 14.2 Å². The van der Waals surface area contributed by atoms with E-state index in [0.29, 0.717) is 0 Å². The molecule has 0 spiro atoms. The fourth-order valence-corrected chi connectivity index (χ4v) is 9.26. The van der Waals surface area contributed by atoms with E-state index >= 15 is 0 Å². The minimum Gasteiger partial charge on any atom is -0.466 e. The van der Waals surface area contributed by atoms with Crippen molar-refractivity contribution in [1.82, 2.24) is 0 Å². The van der Waals surface area contributed by atoms with Gasteiger partial charge in [-0.2, -0.15) is 0 Å². The van der Waals surface area contributed by atoms with Crippen LogP contribution in [0.3, 0.4) is 0 Å². The zero-order valence-electron chi connectivity index (χ0n) is 19.7. The number of hydrogen-bond donors (Lipinski definition) is 0. The number of carbonyl (C=O) groups excluding carboxylic acids is 4. The van der Waals surface area contributed by atoms with Crippen LogP contribution in [-0.2, 0) is 57.1 Å². The Morgan fingerprint density at radius 3 is 1.29 bits per heavy atom. The van der Waals surface area contributed by atoms with E-state index in [4.69, 9.17) is 61.1 Å². The van der Waals surface area contributed by atoms with Crippen molar-refractivity contribution >= 4 is 47.1 Å². The summed E-state index contributed by atoms with van der Waals surface area (Å²) < 4.78 is 43.8. The molecule has 0 unspecified atom stereocenters. The van der Waals surface area contributed by atoms with Crippen molar-refractivity contribution < 1.29 is 57.1 Å². The fourth-order valence-electron chi connectivity index (χ4n) is 8.01. The van der Waals surface area contributed by atoms with Gasteiger partial charge < -0.3 is 37.9 Å². The molecule has 8 atom stereocenters. The molecule has 35 heavy (non-hydrogen) atoms. The van der Waals surface area contributed by atoms with Crippen molar-refractivity contribution in [2.45, 2.75) is 38.9 Å². The van der Waals surface area contributed by atoms with Gasteiger partial charge in [-0.25, -0.2) is 19.2 Å². The van der Waals surface area contributed by atoms with Crippen LogP contribution in [0.1, 0.15) is 6.42 Å². The predicted molar refractivity (Wildman–Crippen MR) is 111 cm³/mol. The van der Waals surface area contributed by atoms with Crippen LogP contribution in [0.2, 0.25) is 0 Å². The van der Waals surface area contributed by atoms with Gasteiger partial charge in [-0.3, -0.25) is 0 Å². The van der Waals surface area contributed by atoms with Crippen molar-refractivity contribution in [2.24, 2.45) is 23.7 Å². The third kappa shape index (κ3) is 1.92. The van der Waals surface area contributed by atoms with Crippen molar-refractivity contribution in [3.63, 3.8) is 0 Å². The van der Waals surface area contributed by atoms with E-state index in [9.17, 15) is 19.2 Å². The van der Waals surface area contributed by atoms with E-state index in [2.05, 4.69) is 0 Å². The second kappa shape index (κ2) is 6.99. The van der Waals surface area contributed by atoms with Crippen LogP contribution in [0.5, 0.6) is 0 Å². The first-order valence-electron chi connectivity index (χ1n) is 10.7. The number of ether oxygens (including phenoxy) is 8. The van der Waals surface area contributed by atoms with Gasteiger partial charge in [-0.05, 0) is 6.42 Å². The Kier molecular flexibility index (Phi) is 4.98. The highest BCUT2D eigenvalue weighted by Crippen LogP contribution is 2.81. The molecule has 3 aliphatic carbocycles. The molecule has 2 heterocycles. The zero-order chi connectivity index (χ0) is 26.0. The normalized spacial score (nSPS) is 47.2. The van der Waals surface area contributed by atoms with E-state index in [1.807, 2.05) is 0 Å². The molecule has 3 saturated carbocycles. The third-order valence-corrected chi connectivity index (χ3v) is 10.2. The summed E-state index contributed by atoms with van der Waals surface area (Å²) in [5, 5.41) is 0. The van der Waals surface area contributed by atoms with E-state index in [1.54, 1.807) is 0 Å². The van der Waals surface area contributed by atoms with Crippen LogP contribution in [0.15, 0.2) is 0 Å². The minimum atomic E-state index is -2.17. The Balaban J connectivity index is 1.83. The molecule has 2 saturated heterocycles. The first kappa shape index (κ1) is 25.0. The maximum absolute atomic E-state index is 13.4. The second-order valence-electron chi connectivity index (χ2n) is 9.21. The Morgan fingerprint density at radius 1 is 0.714 bits per heavy atom. The second-order valence-corrected chi connectivity index (χ2v) is 10.4. The Bertz CT molecular complexity index is 961. The van der Waals surface area contributed by atoms with Crippen LogP contribution in [-0.4, -0.2) is 99.1 Å². The first-order valence-corrected chi connectivity index (χ1v) is 11.4. The summed E-state index contributed by atoms with van der Waals surface area (Å²) in [7, 11) is 7.02. The van der Waals surface area contributed by atoms with E-state index < -0.39 is 80.1 Å². The van der Waals surface area contributed by atoms with Crippen LogP contribution in [0.4, 0.5) is 0 Å². The highest BCUT2D eigenvalue weighted by atomic mass is 35.5. The van der Waals surface area contributed by atoms with Gasteiger partial charge in [0.2, 0.25) is 9.75 Å². The summed E-state index contributed by atoms with van der Waals surface area (Å²) in [5.41, 5.74) is -4.34. The van der Waals surface area contributed by atoms with Gasteiger partial charge in [-0.1, -0.05) is 0 Å². The zero-order valence-corrected chi connectivity index (χ0v) is 21.2. The van der Waals surface area contributed by atoms with Gasteiger partial charge in [0.15, 0.2) is 0 Å². The molecule has 5 aliphatic rings. The topological polar surface area (TPSA) is 142 Å². The average Bonchev–Trinajstić information content (AvgIpc) is 3.51. The molecule has 5 fully saturated rings. The SMILES string of the molecule is COC(=O)[C@]12OC(=O)[C@](Cl)([C@@H]3[C@@H]4[C@H](C[C@@H]31)[C@]1(C(=O)OC)OC(=O)[C@@]4(Cl)C1(OC)OC)C2(OC)OC. The van der Waals surface area contributed by atoms with E-state index in [-0.39, 0.29) is 6.42 Å². The van der Waals surface area contributed by atoms with Crippen LogP contribution in [0, 0.1) is 23.7 Å². The maximum Gasteiger partial charge on any atom is 0.356 e. The number of methoxy groups -OCH3 is 6. The Hall–Kier alpha value is -1.70. The number of fused-ring (bicyclic) bond motifs is 11. The molecule has 0 radical (unpaired) electrons. The van der Waals surface area contributed by atoms with Gasteiger partial charge in [0.1, 0.15) is 0 Å². The molecule has 0 aromatic heterocycles. The summed E-state index contributed by atoms with van der Waals surface area (Å²) in [6, 6.07) is 0. The quantitative estimate of drug-likeness (QED) is 0.190.